The van der Waals surface area contributed by atoms with E-state index in [4.69, 9.17) is 4.42 Å². The van der Waals surface area contributed by atoms with E-state index in [0.717, 1.165) is 64.6 Å². The van der Waals surface area contributed by atoms with Crippen LogP contribution in [0.5, 0.6) is 5.75 Å². The molecule has 0 amide bonds. The summed E-state index contributed by atoms with van der Waals surface area (Å²) in [4.78, 5) is 0. The zero-order chi connectivity index (χ0) is 23.2. The maximum Gasteiger partial charge on any atom is 0.143 e. The normalized spacial score (nSPS) is 11.4. The standard InChI is InChI=1S/C30H18Br2O2/c31-20-11-13-26(33)23(15-20)24-17-22(18-7-3-1-4-8-18)29-28(24)25-16-21(32)12-14-27(25)34-30(29)19-9-5-2-6-10-19/h1-17,33H. The highest BCUT2D eigenvalue weighted by Crippen LogP contribution is 2.53. The summed E-state index contributed by atoms with van der Waals surface area (Å²) < 4.78 is 8.46. The molecule has 1 N–H and O–H groups in total. The number of aromatic hydroxyl groups is 1. The highest BCUT2D eigenvalue weighted by molar-refractivity contribution is 9.10. The van der Waals surface area contributed by atoms with Gasteiger partial charge >= 0.3 is 0 Å². The Labute approximate surface area is 214 Å². The average Bonchev–Trinajstić information content (AvgIpc) is 3.27. The van der Waals surface area contributed by atoms with E-state index in [-0.39, 0.29) is 5.75 Å². The predicted octanol–water partition coefficient (Wildman–Crippen LogP) is 9.77. The molecule has 4 aromatic carbocycles. The first kappa shape index (κ1) is 21.2. The lowest BCUT2D eigenvalue weighted by atomic mass is 9.92. The second-order valence-electron chi connectivity index (χ2n) is 8.19. The minimum Gasteiger partial charge on any atom is -0.507 e. The molecule has 164 valence electrons. The Morgan fingerprint density at radius 1 is 0.559 bits per heavy atom. The van der Waals surface area contributed by atoms with Crippen LogP contribution in [0.4, 0.5) is 0 Å². The summed E-state index contributed by atoms with van der Waals surface area (Å²) in [5.74, 6) is 1.05. The van der Waals surface area contributed by atoms with Gasteiger partial charge in [0.1, 0.15) is 17.1 Å². The van der Waals surface area contributed by atoms with Crippen molar-refractivity contribution in [2.24, 2.45) is 0 Å². The lowest BCUT2D eigenvalue weighted by Crippen LogP contribution is -1.90. The molecule has 0 atom stereocenters. The Morgan fingerprint density at radius 3 is 1.94 bits per heavy atom. The molecule has 4 heteroatoms. The summed E-state index contributed by atoms with van der Waals surface area (Å²) in [6.07, 6.45) is 0. The van der Waals surface area contributed by atoms with Crippen LogP contribution in [-0.2, 0) is 0 Å². The van der Waals surface area contributed by atoms with Gasteiger partial charge in [0.05, 0.1) is 0 Å². The van der Waals surface area contributed by atoms with Gasteiger partial charge in [0.25, 0.3) is 0 Å². The smallest absolute Gasteiger partial charge is 0.143 e. The van der Waals surface area contributed by atoms with Crippen LogP contribution < -0.4 is 0 Å². The van der Waals surface area contributed by atoms with Crippen LogP contribution in [-0.4, -0.2) is 5.11 Å². The molecule has 0 bridgehead atoms. The van der Waals surface area contributed by atoms with Gasteiger partial charge < -0.3 is 9.52 Å². The molecule has 0 unspecified atom stereocenters. The third kappa shape index (κ3) is 3.54. The number of rotatable bonds is 3. The van der Waals surface area contributed by atoms with Crippen molar-refractivity contribution in [1.82, 2.24) is 0 Å². The van der Waals surface area contributed by atoms with Gasteiger partial charge in [-0.05, 0) is 59.2 Å². The van der Waals surface area contributed by atoms with Gasteiger partial charge in [0, 0.05) is 36.6 Å². The second kappa shape index (κ2) is 8.46. The largest absolute Gasteiger partial charge is 0.507 e. The van der Waals surface area contributed by atoms with E-state index in [0.29, 0.717) is 0 Å². The molecule has 1 aliphatic carbocycles. The molecule has 0 radical (unpaired) electrons. The van der Waals surface area contributed by atoms with Crippen LogP contribution in [0.25, 0.3) is 55.7 Å². The average molecular weight is 570 g/mol. The van der Waals surface area contributed by atoms with Crippen molar-refractivity contribution in [3.05, 3.63) is 112 Å². The lowest BCUT2D eigenvalue weighted by Gasteiger charge is -2.16. The number of halogens is 2. The summed E-state index contributed by atoms with van der Waals surface area (Å²) >= 11 is 7.23. The van der Waals surface area contributed by atoms with Gasteiger partial charge in [-0.3, -0.25) is 0 Å². The molecule has 0 saturated heterocycles. The Morgan fingerprint density at radius 2 is 1.21 bits per heavy atom. The van der Waals surface area contributed by atoms with Gasteiger partial charge in [-0.2, -0.15) is 0 Å². The fourth-order valence-corrected chi connectivity index (χ4v) is 5.32. The number of phenolic OH excluding ortho intramolecular Hbond substituents is 1. The zero-order valence-electron chi connectivity index (χ0n) is 17.9. The summed E-state index contributed by atoms with van der Waals surface area (Å²) in [6, 6.07) is 34.3. The van der Waals surface area contributed by atoms with E-state index in [1.54, 1.807) is 6.07 Å². The van der Waals surface area contributed by atoms with Crippen molar-refractivity contribution >= 4 is 42.8 Å². The minimum absolute atomic E-state index is 0.236. The van der Waals surface area contributed by atoms with E-state index in [9.17, 15) is 5.11 Å². The van der Waals surface area contributed by atoms with Gasteiger partial charge in [-0.15, -0.1) is 0 Å². The van der Waals surface area contributed by atoms with E-state index in [2.05, 4.69) is 68.3 Å². The number of fused-ring (bicyclic) bond motifs is 3. The van der Waals surface area contributed by atoms with Gasteiger partial charge in [0.2, 0.25) is 0 Å². The first-order valence-corrected chi connectivity index (χ1v) is 12.5. The van der Waals surface area contributed by atoms with Crippen molar-refractivity contribution in [2.45, 2.75) is 0 Å². The Bertz CT molecular complexity index is 1620. The summed E-state index contributed by atoms with van der Waals surface area (Å²) in [5.41, 5.74) is 7.76. The van der Waals surface area contributed by atoms with E-state index in [1.165, 1.54) is 0 Å². The predicted molar refractivity (Wildman–Crippen MR) is 146 cm³/mol. The maximum atomic E-state index is 10.9. The van der Waals surface area contributed by atoms with Crippen molar-refractivity contribution in [3.8, 4) is 50.5 Å². The second-order valence-corrected chi connectivity index (χ2v) is 10.0. The third-order valence-electron chi connectivity index (χ3n) is 6.10. The summed E-state index contributed by atoms with van der Waals surface area (Å²) in [5, 5.41) is 11.9. The molecule has 6 rings (SSSR count). The molecule has 0 saturated carbocycles. The molecule has 0 fully saturated rings. The molecular weight excluding hydrogens is 552 g/mol. The van der Waals surface area contributed by atoms with Gasteiger partial charge in [-0.1, -0.05) is 92.5 Å². The lowest BCUT2D eigenvalue weighted by molar-refractivity contribution is 0.477. The molecule has 1 aliphatic heterocycles. The summed E-state index contributed by atoms with van der Waals surface area (Å²) in [7, 11) is 0. The van der Waals surface area contributed by atoms with Gasteiger partial charge in [-0.25, -0.2) is 0 Å². The van der Waals surface area contributed by atoms with Crippen molar-refractivity contribution in [1.29, 1.82) is 0 Å². The number of benzene rings is 4. The monoisotopic (exact) mass is 568 g/mol. The first-order valence-electron chi connectivity index (χ1n) is 10.9. The topological polar surface area (TPSA) is 33.4 Å². The van der Waals surface area contributed by atoms with Crippen molar-refractivity contribution < 1.29 is 9.52 Å². The Balaban J connectivity index is 1.82. The van der Waals surface area contributed by atoms with Crippen LogP contribution in [0.3, 0.4) is 0 Å². The SMILES string of the molecule is Oc1ccc(Br)cc1-c1cc(-c2ccccc2)c2c(-c3ccccc3)oc3ccc(Br)cc3c1-2. The van der Waals surface area contributed by atoms with Gasteiger partial charge in [0.15, 0.2) is 0 Å². The molecule has 0 aromatic heterocycles. The Kier molecular flexibility index (Phi) is 5.28. The van der Waals surface area contributed by atoms with E-state index < -0.39 is 0 Å². The minimum atomic E-state index is 0.236. The molecule has 34 heavy (non-hydrogen) atoms. The quantitative estimate of drug-likeness (QED) is 0.230. The van der Waals surface area contributed by atoms with Crippen LogP contribution in [0.1, 0.15) is 0 Å². The molecular formula is C30H18Br2O2. The van der Waals surface area contributed by atoms with Crippen molar-refractivity contribution in [3.63, 3.8) is 0 Å². The molecule has 2 aliphatic rings. The number of hydrogen-bond acceptors (Lipinski definition) is 2. The fourth-order valence-electron chi connectivity index (χ4n) is 4.60. The van der Waals surface area contributed by atoms with E-state index >= 15 is 0 Å². The van der Waals surface area contributed by atoms with Crippen LogP contribution in [0.2, 0.25) is 0 Å². The highest BCUT2D eigenvalue weighted by atomic mass is 79.9. The van der Waals surface area contributed by atoms with Crippen LogP contribution >= 0.6 is 31.9 Å². The highest BCUT2D eigenvalue weighted by Gasteiger charge is 2.28. The Hall–Kier alpha value is -3.34. The molecule has 4 aromatic rings. The first-order chi connectivity index (χ1) is 16.6. The van der Waals surface area contributed by atoms with Crippen LogP contribution in [0, 0.1) is 0 Å². The fraction of sp³-hybridized carbons (Fsp3) is 0. The van der Waals surface area contributed by atoms with E-state index in [1.807, 2.05) is 60.7 Å². The zero-order valence-corrected chi connectivity index (χ0v) is 21.1. The molecule has 2 nitrogen and oxygen atoms in total. The maximum absolute atomic E-state index is 10.9. The number of phenols is 1. The molecule has 0 spiro atoms. The number of hydrogen-bond donors (Lipinski definition) is 1. The van der Waals surface area contributed by atoms with Crippen molar-refractivity contribution in [2.75, 3.05) is 0 Å². The molecule has 1 heterocycles. The van der Waals surface area contributed by atoms with Crippen LogP contribution in [0.15, 0.2) is 116 Å². The third-order valence-corrected chi connectivity index (χ3v) is 7.08. The summed E-state index contributed by atoms with van der Waals surface area (Å²) in [6.45, 7) is 0.